The van der Waals surface area contributed by atoms with E-state index in [1.807, 2.05) is 12.1 Å². The van der Waals surface area contributed by atoms with E-state index in [-0.39, 0.29) is 0 Å². The van der Waals surface area contributed by atoms with E-state index in [4.69, 9.17) is 24.7 Å². The molecule has 2 aliphatic rings. The number of hydrogen-bond acceptors (Lipinski definition) is 8. The molecule has 0 aromatic carbocycles. The number of aromatic nitrogens is 4. The minimum absolute atomic E-state index is 0.653. The highest BCUT2D eigenvalue weighted by atomic mass is 16.5. The zero-order chi connectivity index (χ0) is 20.8. The molecule has 2 aliphatic heterocycles. The average Bonchev–Trinajstić information content (AvgIpc) is 3.10. The molecule has 0 bridgehead atoms. The Morgan fingerprint density at radius 3 is 2.07 bits per heavy atom. The smallest absolute Gasteiger partial charge is 0.230 e. The predicted molar refractivity (Wildman–Crippen MR) is 120 cm³/mol. The molecule has 2 fully saturated rings. The quantitative estimate of drug-likeness (QED) is 0.718. The summed E-state index contributed by atoms with van der Waals surface area (Å²) in [5.41, 5.74) is 0.799. The Balaban J connectivity index is 1.72. The van der Waals surface area contributed by atoms with Crippen molar-refractivity contribution in [3.8, 4) is 11.5 Å². The van der Waals surface area contributed by atoms with Crippen LogP contribution in [0.2, 0.25) is 0 Å². The van der Waals surface area contributed by atoms with E-state index in [0.717, 1.165) is 62.7 Å². The maximum absolute atomic E-state index is 5.52. The molecule has 2 aromatic rings. The van der Waals surface area contributed by atoms with Gasteiger partial charge in [-0.2, -0.15) is 15.0 Å². The third-order valence-electron chi connectivity index (χ3n) is 5.85. The fraction of sp³-hybridized carbons (Fsp3) is 0.636. The highest BCUT2D eigenvalue weighted by molar-refractivity contribution is 5.58. The fourth-order valence-electron chi connectivity index (χ4n) is 4.06. The zero-order valence-electron chi connectivity index (χ0n) is 18.3. The number of morpholine rings is 1. The summed E-state index contributed by atoms with van der Waals surface area (Å²) in [7, 11) is 0. The van der Waals surface area contributed by atoms with E-state index in [1.165, 1.54) is 25.7 Å². The molecule has 0 aliphatic carbocycles. The van der Waals surface area contributed by atoms with Crippen LogP contribution in [0.3, 0.4) is 0 Å². The van der Waals surface area contributed by atoms with Gasteiger partial charge in [0.25, 0.3) is 0 Å². The van der Waals surface area contributed by atoms with Gasteiger partial charge in [0.05, 0.1) is 13.2 Å². The fourth-order valence-corrected chi connectivity index (χ4v) is 4.06. The second kappa shape index (κ2) is 10.0. The first-order valence-corrected chi connectivity index (χ1v) is 11.3. The summed E-state index contributed by atoms with van der Waals surface area (Å²) in [6.45, 7) is 11.1. The summed E-state index contributed by atoms with van der Waals surface area (Å²) < 4.78 is 5.52. The molecule has 0 unspecified atom stereocenters. The highest BCUT2D eigenvalue weighted by Crippen LogP contribution is 2.24. The number of nitrogens with zero attached hydrogens (tertiary/aromatic N) is 7. The number of rotatable bonds is 6. The molecule has 8 heteroatoms. The first-order valence-electron chi connectivity index (χ1n) is 11.3. The van der Waals surface area contributed by atoms with Gasteiger partial charge in [-0.1, -0.05) is 18.9 Å². The monoisotopic (exact) mass is 411 g/mol. The maximum Gasteiger partial charge on any atom is 0.230 e. The molecule has 4 heterocycles. The third-order valence-corrected chi connectivity index (χ3v) is 5.85. The van der Waals surface area contributed by atoms with E-state index in [0.29, 0.717) is 19.0 Å². The van der Waals surface area contributed by atoms with Crippen LogP contribution in [-0.2, 0) is 4.74 Å². The minimum atomic E-state index is 0.653. The number of hydrogen-bond donors (Lipinski definition) is 0. The number of pyridine rings is 1. The van der Waals surface area contributed by atoms with Crippen LogP contribution in [0.25, 0.3) is 11.5 Å². The van der Waals surface area contributed by atoms with Crippen LogP contribution in [0.4, 0.5) is 17.7 Å². The number of anilines is 3. The van der Waals surface area contributed by atoms with Gasteiger partial charge in [0.2, 0.25) is 11.9 Å². The second-order valence-electron chi connectivity index (χ2n) is 7.81. The zero-order valence-corrected chi connectivity index (χ0v) is 18.3. The molecule has 2 saturated heterocycles. The molecule has 30 heavy (non-hydrogen) atoms. The second-order valence-corrected chi connectivity index (χ2v) is 7.81. The lowest BCUT2D eigenvalue weighted by Crippen LogP contribution is -2.38. The molecule has 4 rings (SSSR count). The lowest BCUT2D eigenvalue weighted by molar-refractivity contribution is 0.122. The lowest BCUT2D eigenvalue weighted by Gasteiger charge is -2.28. The van der Waals surface area contributed by atoms with Crippen LogP contribution in [-0.4, -0.2) is 72.4 Å². The minimum Gasteiger partial charge on any atom is -0.378 e. The van der Waals surface area contributed by atoms with E-state index < -0.39 is 0 Å². The Morgan fingerprint density at radius 2 is 1.43 bits per heavy atom. The Bertz CT molecular complexity index is 813. The molecule has 0 saturated carbocycles. The van der Waals surface area contributed by atoms with Crippen molar-refractivity contribution in [1.82, 2.24) is 19.9 Å². The lowest BCUT2D eigenvalue weighted by atomic mass is 10.2. The largest absolute Gasteiger partial charge is 0.378 e. The van der Waals surface area contributed by atoms with Gasteiger partial charge in [-0.05, 0) is 38.8 Å². The molecule has 0 atom stereocenters. The SMILES string of the molecule is CCN(CC)c1cccc(-c2nc(N3CCCCCC3)nc(N3CCOCC3)n2)n1. The topological polar surface area (TPSA) is 70.5 Å². The van der Waals surface area contributed by atoms with Gasteiger partial charge in [0, 0.05) is 39.3 Å². The van der Waals surface area contributed by atoms with E-state index in [1.54, 1.807) is 0 Å². The Kier molecular flexibility index (Phi) is 6.94. The van der Waals surface area contributed by atoms with Gasteiger partial charge in [0.15, 0.2) is 5.82 Å². The van der Waals surface area contributed by atoms with Crippen LogP contribution in [0.15, 0.2) is 18.2 Å². The third kappa shape index (κ3) is 4.80. The van der Waals surface area contributed by atoms with E-state index >= 15 is 0 Å². The van der Waals surface area contributed by atoms with Gasteiger partial charge in [0.1, 0.15) is 11.5 Å². The van der Waals surface area contributed by atoms with Gasteiger partial charge < -0.3 is 19.4 Å². The Morgan fingerprint density at radius 1 is 0.800 bits per heavy atom. The summed E-state index contributed by atoms with van der Waals surface area (Å²) >= 11 is 0. The van der Waals surface area contributed by atoms with E-state index in [2.05, 4.69) is 34.6 Å². The average molecular weight is 412 g/mol. The Labute approximate surface area is 179 Å². The van der Waals surface area contributed by atoms with Crippen molar-refractivity contribution in [2.75, 3.05) is 67.2 Å². The van der Waals surface area contributed by atoms with Crippen molar-refractivity contribution in [3.63, 3.8) is 0 Å². The standard InChI is InChI=1S/C22H33N7O/c1-3-27(4-2)19-11-9-10-18(23-19)20-24-21(28-12-7-5-6-8-13-28)26-22(25-20)29-14-16-30-17-15-29/h9-11H,3-8,12-17H2,1-2H3. The normalized spacial score (nSPS) is 17.7. The molecule has 0 radical (unpaired) electrons. The first-order chi connectivity index (χ1) is 14.8. The summed E-state index contributed by atoms with van der Waals surface area (Å²) in [5, 5.41) is 0. The van der Waals surface area contributed by atoms with Crippen molar-refractivity contribution in [2.24, 2.45) is 0 Å². The molecular weight excluding hydrogens is 378 g/mol. The van der Waals surface area contributed by atoms with Gasteiger partial charge in [-0.25, -0.2) is 4.98 Å². The van der Waals surface area contributed by atoms with Crippen LogP contribution in [0, 0.1) is 0 Å². The first kappa shape index (κ1) is 20.8. The molecule has 0 amide bonds. The van der Waals surface area contributed by atoms with Crippen molar-refractivity contribution in [1.29, 1.82) is 0 Å². The maximum atomic E-state index is 5.52. The van der Waals surface area contributed by atoms with Gasteiger partial charge in [-0.15, -0.1) is 0 Å². The molecule has 0 spiro atoms. The number of ether oxygens (including phenoxy) is 1. The molecule has 2 aromatic heterocycles. The van der Waals surface area contributed by atoms with Crippen molar-refractivity contribution in [3.05, 3.63) is 18.2 Å². The van der Waals surface area contributed by atoms with Crippen LogP contribution in [0.1, 0.15) is 39.5 Å². The Hall–Kier alpha value is -2.48. The molecule has 162 valence electrons. The van der Waals surface area contributed by atoms with Crippen LogP contribution in [0.5, 0.6) is 0 Å². The molecular formula is C22H33N7O. The highest BCUT2D eigenvalue weighted by Gasteiger charge is 2.21. The summed E-state index contributed by atoms with van der Waals surface area (Å²) in [6, 6.07) is 6.09. The van der Waals surface area contributed by atoms with Gasteiger partial charge >= 0.3 is 0 Å². The van der Waals surface area contributed by atoms with Crippen LogP contribution >= 0.6 is 0 Å². The van der Waals surface area contributed by atoms with Crippen molar-refractivity contribution in [2.45, 2.75) is 39.5 Å². The molecule has 0 N–H and O–H groups in total. The van der Waals surface area contributed by atoms with E-state index in [9.17, 15) is 0 Å². The summed E-state index contributed by atoms with van der Waals surface area (Å²) in [6.07, 6.45) is 4.92. The summed E-state index contributed by atoms with van der Waals surface area (Å²) in [5.74, 6) is 3.12. The molecule has 8 nitrogen and oxygen atoms in total. The summed E-state index contributed by atoms with van der Waals surface area (Å²) in [4.78, 5) is 26.2. The van der Waals surface area contributed by atoms with Crippen molar-refractivity contribution < 1.29 is 4.74 Å². The van der Waals surface area contributed by atoms with Crippen LogP contribution < -0.4 is 14.7 Å². The van der Waals surface area contributed by atoms with Crippen molar-refractivity contribution >= 4 is 17.7 Å². The van der Waals surface area contributed by atoms with Gasteiger partial charge in [-0.3, -0.25) is 0 Å². The predicted octanol–water partition coefficient (Wildman–Crippen LogP) is 3.00.